The first kappa shape index (κ1) is 15.9. The Morgan fingerprint density at radius 3 is 2.75 bits per heavy atom. The highest BCUT2D eigenvalue weighted by Crippen LogP contribution is 2.32. The molecule has 0 saturated carbocycles. The number of thiophene rings is 1. The van der Waals surface area contributed by atoms with Crippen molar-refractivity contribution in [2.75, 3.05) is 13.1 Å². The molecule has 114 valence electrons. The molecular formula is C14H24N2O2S2. The molecule has 1 atom stereocenters. The number of rotatable bonds is 5. The van der Waals surface area contributed by atoms with Crippen LogP contribution in [-0.4, -0.2) is 31.9 Å². The van der Waals surface area contributed by atoms with Gasteiger partial charge in [-0.1, -0.05) is 20.8 Å². The van der Waals surface area contributed by atoms with Crippen molar-refractivity contribution in [3.8, 4) is 0 Å². The molecule has 6 heteroatoms. The van der Waals surface area contributed by atoms with E-state index in [-0.39, 0.29) is 0 Å². The van der Waals surface area contributed by atoms with Gasteiger partial charge in [-0.2, -0.15) is 4.31 Å². The molecular weight excluding hydrogens is 292 g/mol. The molecule has 1 aliphatic heterocycles. The van der Waals surface area contributed by atoms with Crippen molar-refractivity contribution in [1.82, 2.24) is 9.62 Å². The summed E-state index contributed by atoms with van der Waals surface area (Å²) in [5, 5.41) is 5.26. The molecule has 1 aromatic heterocycles. The predicted molar refractivity (Wildman–Crippen MR) is 83.6 cm³/mol. The fourth-order valence-electron chi connectivity index (χ4n) is 2.49. The summed E-state index contributed by atoms with van der Waals surface area (Å²) in [7, 11) is -3.33. The van der Waals surface area contributed by atoms with Gasteiger partial charge in [-0.3, -0.25) is 0 Å². The smallest absolute Gasteiger partial charge is 0.244 e. The van der Waals surface area contributed by atoms with Crippen molar-refractivity contribution in [3.63, 3.8) is 0 Å². The van der Waals surface area contributed by atoms with Gasteiger partial charge < -0.3 is 5.32 Å². The van der Waals surface area contributed by atoms with Crippen molar-refractivity contribution < 1.29 is 8.42 Å². The summed E-state index contributed by atoms with van der Waals surface area (Å²) in [6.07, 6.45) is 0.960. The minimum atomic E-state index is -3.33. The number of nitrogens with zero attached hydrogens (tertiary/aromatic N) is 1. The van der Waals surface area contributed by atoms with Crippen LogP contribution in [-0.2, 0) is 16.6 Å². The minimum absolute atomic E-state index is 0.347. The number of nitrogens with one attached hydrogen (secondary N) is 1. The van der Waals surface area contributed by atoms with Gasteiger partial charge in [-0.25, -0.2) is 8.42 Å². The van der Waals surface area contributed by atoms with Crippen molar-refractivity contribution >= 4 is 21.4 Å². The monoisotopic (exact) mass is 316 g/mol. The lowest BCUT2D eigenvalue weighted by Gasteiger charge is -2.18. The Morgan fingerprint density at radius 1 is 1.50 bits per heavy atom. The molecule has 1 unspecified atom stereocenters. The van der Waals surface area contributed by atoms with E-state index in [1.807, 2.05) is 12.3 Å². The highest BCUT2D eigenvalue weighted by atomic mass is 32.2. The maximum Gasteiger partial charge on any atom is 0.244 e. The van der Waals surface area contributed by atoms with Crippen molar-refractivity contribution in [2.24, 2.45) is 5.92 Å². The van der Waals surface area contributed by atoms with Crippen LogP contribution in [0.1, 0.15) is 37.6 Å². The van der Waals surface area contributed by atoms with Crippen LogP contribution < -0.4 is 5.32 Å². The molecule has 0 spiro atoms. The molecule has 2 rings (SSSR count). The molecule has 2 heterocycles. The van der Waals surface area contributed by atoms with Crippen LogP contribution >= 0.6 is 11.3 Å². The summed E-state index contributed by atoms with van der Waals surface area (Å²) in [5.41, 5.74) is 0.870. The van der Waals surface area contributed by atoms with E-state index in [1.54, 1.807) is 4.31 Å². The standard InChI is InChI=1S/C14H24N2O2S2/c1-10(2)15-7-13-14(12(4)9-19-13)20(17,18)16-6-5-11(3)8-16/h9-11,15H,5-8H2,1-4H3. The van der Waals surface area contributed by atoms with Crippen LogP contribution in [0.3, 0.4) is 0 Å². The van der Waals surface area contributed by atoms with E-state index in [0.717, 1.165) is 16.9 Å². The molecule has 1 aromatic rings. The molecule has 1 aliphatic rings. The van der Waals surface area contributed by atoms with Gasteiger partial charge in [0, 0.05) is 30.6 Å². The van der Waals surface area contributed by atoms with Crippen molar-refractivity contribution in [3.05, 3.63) is 15.8 Å². The van der Waals surface area contributed by atoms with E-state index in [2.05, 4.69) is 26.1 Å². The molecule has 0 amide bonds. The Balaban J connectivity index is 2.29. The van der Waals surface area contributed by atoms with Crippen LogP contribution in [0.5, 0.6) is 0 Å². The fourth-order valence-corrected chi connectivity index (χ4v) is 5.78. The van der Waals surface area contributed by atoms with Crippen LogP contribution in [0, 0.1) is 12.8 Å². The van der Waals surface area contributed by atoms with Crippen LogP contribution in [0.25, 0.3) is 0 Å². The Morgan fingerprint density at radius 2 is 2.20 bits per heavy atom. The third kappa shape index (κ3) is 3.24. The van der Waals surface area contributed by atoms with Crippen LogP contribution in [0.15, 0.2) is 10.3 Å². The first-order valence-corrected chi connectivity index (χ1v) is 9.45. The maximum absolute atomic E-state index is 12.8. The Hall–Kier alpha value is -0.430. The molecule has 0 aromatic carbocycles. The zero-order valence-corrected chi connectivity index (χ0v) is 14.3. The second kappa shape index (κ2) is 6.13. The van der Waals surface area contributed by atoms with Gasteiger partial charge in [0.25, 0.3) is 0 Å². The lowest BCUT2D eigenvalue weighted by molar-refractivity contribution is 0.463. The Kier molecular flexibility index (Phi) is 4.89. The lowest BCUT2D eigenvalue weighted by atomic mass is 10.2. The summed E-state index contributed by atoms with van der Waals surface area (Å²) in [6.45, 7) is 10.0. The van der Waals surface area contributed by atoms with Gasteiger partial charge in [0.2, 0.25) is 10.0 Å². The SMILES string of the molecule is Cc1csc(CNC(C)C)c1S(=O)(=O)N1CCC(C)C1. The quantitative estimate of drug-likeness (QED) is 0.908. The van der Waals surface area contributed by atoms with E-state index in [1.165, 1.54) is 11.3 Å². The molecule has 1 fully saturated rings. The van der Waals surface area contributed by atoms with Gasteiger partial charge >= 0.3 is 0 Å². The molecule has 0 aliphatic carbocycles. The highest BCUT2D eigenvalue weighted by Gasteiger charge is 2.33. The van der Waals surface area contributed by atoms with E-state index in [4.69, 9.17) is 0 Å². The van der Waals surface area contributed by atoms with Gasteiger partial charge in [-0.05, 0) is 30.2 Å². The first-order valence-electron chi connectivity index (χ1n) is 7.13. The first-order chi connectivity index (χ1) is 9.32. The Bertz CT molecular complexity index is 564. The van der Waals surface area contributed by atoms with Crippen molar-refractivity contribution in [1.29, 1.82) is 0 Å². The number of hydrogen-bond donors (Lipinski definition) is 1. The minimum Gasteiger partial charge on any atom is -0.310 e. The number of sulfonamides is 1. The van der Waals surface area contributed by atoms with Gasteiger partial charge in [-0.15, -0.1) is 11.3 Å². The van der Waals surface area contributed by atoms with Crippen LogP contribution in [0.4, 0.5) is 0 Å². The summed E-state index contributed by atoms with van der Waals surface area (Å²) in [4.78, 5) is 1.46. The summed E-state index contributed by atoms with van der Waals surface area (Å²) in [5.74, 6) is 0.459. The number of aryl methyl sites for hydroxylation is 1. The highest BCUT2D eigenvalue weighted by molar-refractivity contribution is 7.89. The third-order valence-corrected chi connectivity index (χ3v) is 6.97. The number of hydrogen-bond acceptors (Lipinski definition) is 4. The maximum atomic E-state index is 12.8. The van der Waals surface area contributed by atoms with Gasteiger partial charge in [0.15, 0.2) is 0 Å². The van der Waals surface area contributed by atoms with Gasteiger partial charge in [0.05, 0.1) is 0 Å². The molecule has 1 saturated heterocycles. The van der Waals surface area contributed by atoms with E-state index in [0.29, 0.717) is 36.5 Å². The van der Waals surface area contributed by atoms with E-state index >= 15 is 0 Å². The zero-order valence-electron chi connectivity index (χ0n) is 12.6. The normalized spacial score (nSPS) is 20.9. The predicted octanol–water partition coefficient (Wildman–Crippen LogP) is 2.59. The third-order valence-electron chi connectivity index (χ3n) is 3.64. The van der Waals surface area contributed by atoms with E-state index < -0.39 is 10.0 Å². The fraction of sp³-hybridized carbons (Fsp3) is 0.714. The largest absolute Gasteiger partial charge is 0.310 e. The van der Waals surface area contributed by atoms with Gasteiger partial charge in [0.1, 0.15) is 4.90 Å². The molecule has 0 bridgehead atoms. The average Bonchev–Trinajstić information content (AvgIpc) is 2.93. The summed E-state index contributed by atoms with van der Waals surface area (Å²) in [6, 6.07) is 0.347. The van der Waals surface area contributed by atoms with E-state index in [9.17, 15) is 8.42 Å². The summed E-state index contributed by atoms with van der Waals surface area (Å²) >= 11 is 1.54. The van der Waals surface area contributed by atoms with Crippen LogP contribution in [0.2, 0.25) is 0 Å². The molecule has 0 radical (unpaired) electrons. The topological polar surface area (TPSA) is 49.4 Å². The van der Waals surface area contributed by atoms with Crippen molar-refractivity contribution in [2.45, 2.75) is 51.6 Å². The lowest BCUT2D eigenvalue weighted by Crippen LogP contribution is -2.30. The molecule has 1 N–H and O–H groups in total. The average molecular weight is 316 g/mol. The Labute approximate surface area is 126 Å². The zero-order chi connectivity index (χ0) is 14.9. The summed E-state index contributed by atoms with van der Waals surface area (Å²) < 4.78 is 27.3. The molecule has 4 nitrogen and oxygen atoms in total. The second-order valence-electron chi connectivity index (χ2n) is 5.96. The molecule has 20 heavy (non-hydrogen) atoms. The second-order valence-corrected chi connectivity index (χ2v) is 8.80.